The van der Waals surface area contributed by atoms with Gasteiger partial charge in [-0.25, -0.2) is 4.79 Å². The molecule has 1 aliphatic rings. The molecule has 2 atom stereocenters. The monoisotopic (exact) mass is 242 g/mol. The molecule has 98 valence electrons. The van der Waals surface area contributed by atoms with Crippen molar-refractivity contribution in [2.75, 3.05) is 13.1 Å². The van der Waals surface area contributed by atoms with Gasteiger partial charge in [-0.1, -0.05) is 6.92 Å². The number of aliphatic carboxylic acids is 1. The molecule has 1 saturated heterocycles. The number of hydrogen-bond acceptors (Lipinski definition) is 3. The molecule has 0 aromatic rings. The second kappa shape index (κ2) is 6.59. The minimum Gasteiger partial charge on any atom is -0.480 e. The average molecular weight is 242 g/mol. The zero-order valence-corrected chi connectivity index (χ0v) is 10.4. The van der Waals surface area contributed by atoms with Crippen molar-refractivity contribution < 1.29 is 14.7 Å². The highest BCUT2D eigenvalue weighted by Gasteiger charge is 2.33. The number of nitrogens with two attached hydrogens (primary N) is 1. The predicted octanol–water partition coefficient (Wildman–Crippen LogP) is 0.827. The van der Waals surface area contributed by atoms with Crippen molar-refractivity contribution in [3.63, 3.8) is 0 Å². The summed E-state index contributed by atoms with van der Waals surface area (Å²) in [6.45, 7) is 2.99. The van der Waals surface area contributed by atoms with Crippen molar-refractivity contribution in [2.24, 2.45) is 11.7 Å². The van der Waals surface area contributed by atoms with Crippen LogP contribution in [0.15, 0.2) is 0 Å². The largest absolute Gasteiger partial charge is 0.480 e. The molecule has 0 spiro atoms. The van der Waals surface area contributed by atoms with Crippen molar-refractivity contribution in [3.8, 4) is 0 Å². The zero-order chi connectivity index (χ0) is 12.8. The average Bonchev–Trinajstić information content (AvgIpc) is 2.34. The maximum atomic E-state index is 12.1. The van der Waals surface area contributed by atoms with Gasteiger partial charge in [0.1, 0.15) is 6.04 Å². The third-order valence-electron chi connectivity index (χ3n) is 3.33. The van der Waals surface area contributed by atoms with Gasteiger partial charge in [-0.2, -0.15) is 0 Å². The summed E-state index contributed by atoms with van der Waals surface area (Å²) < 4.78 is 0. The molecule has 1 rings (SSSR count). The third-order valence-corrected chi connectivity index (χ3v) is 3.33. The molecule has 1 fully saturated rings. The number of hydrogen-bond donors (Lipinski definition) is 2. The van der Waals surface area contributed by atoms with Gasteiger partial charge in [0, 0.05) is 12.5 Å². The van der Waals surface area contributed by atoms with Crippen LogP contribution in [0.4, 0.5) is 0 Å². The molecule has 3 N–H and O–H groups in total. The van der Waals surface area contributed by atoms with E-state index in [1.807, 2.05) is 6.92 Å². The summed E-state index contributed by atoms with van der Waals surface area (Å²) in [7, 11) is 0. The van der Waals surface area contributed by atoms with Gasteiger partial charge in [0.2, 0.25) is 5.91 Å². The highest BCUT2D eigenvalue weighted by atomic mass is 16.4. The Bertz CT molecular complexity index is 281. The lowest BCUT2D eigenvalue weighted by Crippen LogP contribution is -2.49. The second-order valence-corrected chi connectivity index (χ2v) is 4.71. The van der Waals surface area contributed by atoms with Gasteiger partial charge in [0.25, 0.3) is 0 Å². The first-order valence-electron chi connectivity index (χ1n) is 6.31. The van der Waals surface area contributed by atoms with E-state index in [-0.39, 0.29) is 11.8 Å². The van der Waals surface area contributed by atoms with Gasteiger partial charge >= 0.3 is 5.97 Å². The van der Waals surface area contributed by atoms with Crippen LogP contribution in [0.2, 0.25) is 0 Å². The van der Waals surface area contributed by atoms with Crippen molar-refractivity contribution in [1.82, 2.24) is 4.90 Å². The molecular formula is C12H22N2O3. The standard InChI is InChI=1S/C12H22N2O3/c1-9(5-4-7-13)11(15)14-8-3-2-6-10(14)12(16)17/h9-10H,2-8,13H2,1H3,(H,16,17)/t9?,10-/m1/s1. The van der Waals surface area contributed by atoms with Crippen LogP contribution in [0, 0.1) is 5.92 Å². The Morgan fingerprint density at radius 1 is 1.47 bits per heavy atom. The third kappa shape index (κ3) is 3.70. The van der Waals surface area contributed by atoms with E-state index in [9.17, 15) is 9.59 Å². The van der Waals surface area contributed by atoms with Gasteiger partial charge < -0.3 is 15.7 Å². The number of carboxylic acid groups (broad SMARTS) is 1. The molecule has 17 heavy (non-hydrogen) atoms. The van der Waals surface area contributed by atoms with Crippen LogP contribution >= 0.6 is 0 Å². The van der Waals surface area contributed by atoms with E-state index < -0.39 is 12.0 Å². The van der Waals surface area contributed by atoms with E-state index in [1.54, 1.807) is 0 Å². The fourth-order valence-corrected chi connectivity index (χ4v) is 2.28. The van der Waals surface area contributed by atoms with Crippen molar-refractivity contribution in [2.45, 2.75) is 45.1 Å². The Hall–Kier alpha value is -1.10. The summed E-state index contributed by atoms with van der Waals surface area (Å²) in [4.78, 5) is 24.8. The number of likely N-dealkylation sites (tertiary alicyclic amines) is 1. The van der Waals surface area contributed by atoms with E-state index in [1.165, 1.54) is 4.90 Å². The zero-order valence-electron chi connectivity index (χ0n) is 10.4. The van der Waals surface area contributed by atoms with Crippen LogP contribution < -0.4 is 5.73 Å². The summed E-state index contributed by atoms with van der Waals surface area (Å²) in [6, 6.07) is -0.628. The van der Waals surface area contributed by atoms with Crippen LogP contribution in [0.5, 0.6) is 0 Å². The van der Waals surface area contributed by atoms with E-state index in [0.717, 1.165) is 25.7 Å². The molecule has 5 heteroatoms. The number of nitrogens with zero attached hydrogens (tertiary/aromatic N) is 1. The molecule has 0 radical (unpaired) electrons. The Labute approximate surface area is 102 Å². The number of carbonyl (C=O) groups is 2. The van der Waals surface area contributed by atoms with Crippen molar-refractivity contribution in [1.29, 1.82) is 0 Å². The van der Waals surface area contributed by atoms with Crippen LogP contribution in [-0.2, 0) is 9.59 Å². The molecule has 0 aromatic carbocycles. The van der Waals surface area contributed by atoms with E-state index in [2.05, 4.69) is 0 Å². The Balaban J connectivity index is 2.61. The number of carboxylic acids is 1. The lowest BCUT2D eigenvalue weighted by Gasteiger charge is -2.34. The van der Waals surface area contributed by atoms with E-state index in [4.69, 9.17) is 10.8 Å². The number of carbonyl (C=O) groups excluding carboxylic acids is 1. The quantitative estimate of drug-likeness (QED) is 0.748. The Kier molecular flexibility index (Phi) is 5.41. The molecule has 0 bridgehead atoms. The molecule has 0 aliphatic carbocycles. The summed E-state index contributed by atoms with van der Waals surface area (Å²) in [5, 5.41) is 9.10. The summed E-state index contributed by atoms with van der Waals surface area (Å²) in [5.74, 6) is -1.05. The first kappa shape index (κ1) is 14.0. The highest BCUT2D eigenvalue weighted by molar-refractivity contribution is 5.85. The molecule has 1 aliphatic heterocycles. The molecule has 0 aromatic heterocycles. The predicted molar refractivity (Wildman–Crippen MR) is 64.4 cm³/mol. The molecular weight excluding hydrogens is 220 g/mol. The molecule has 0 saturated carbocycles. The van der Waals surface area contributed by atoms with Crippen molar-refractivity contribution >= 4 is 11.9 Å². The van der Waals surface area contributed by atoms with E-state index in [0.29, 0.717) is 19.5 Å². The maximum absolute atomic E-state index is 12.1. The smallest absolute Gasteiger partial charge is 0.326 e. The van der Waals surface area contributed by atoms with Crippen molar-refractivity contribution in [3.05, 3.63) is 0 Å². The normalized spacial score (nSPS) is 22.2. The van der Waals surface area contributed by atoms with E-state index >= 15 is 0 Å². The lowest BCUT2D eigenvalue weighted by atomic mass is 9.97. The van der Waals surface area contributed by atoms with Crippen LogP contribution in [0.25, 0.3) is 0 Å². The number of piperidine rings is 1. The second-order valence-electron chi connectivity index (χ2n) is 4.71. The van der Waals surface area contributed by atoms with Gasteiger partial charge in [-0.05, 0) is 38.6 Å². The van der Waals surface area contributed by atoms with Gasteiger partial charge in [0.05, 0.1) is 0 Å². The minimum absolute atomic E-state index is 0.0365. The van der Waals surface area contributed by atoms with Crippen LogP contribution in [-0.4, -0.2) is 41.0 Å². The fraction of sp³-hybridized carbons (Fsp3) is 0.833. The molecule has 5 nitrogen and oxygen atoms in total. The first-order valence-corrected chi connectivity index (χ1v) is 6.31. The fourth-order valence-electron chi connectivity index (χ4n) is 2.28. The molecule has 1 amide bonds. The summed E-state index contributed by atoms with van der Waals surface area (Å²) in [5.41, 5.74) is 5.41. The summed E-state index contributed by atoms with van der Waals surface area (Å²) in [6.07, 6.45) is 3.90. The summed E-state index contributed by atoms with van der Waals surface area (Å²) >= 11 is 0. The topological polar surface area (TPSA) is 83.6 Å². The SMILES string of the molecule is CC(CCCN)C(=O)N1CCCC[C@@H]1C(=O)O. The van der Waals surface area contributed by atoms with Crippen LogP contribution in [0.3, 0.4) is 0 Å². The molecule has 1 unspecified atom stereocenters. The Morgan fingerprint density at radius 2 is 2.18 bits per heavy atom. The van der Waals surface area contributed by atoms with Crippen LogP contribution in [0.1, 0.15) is 39.0 Å². The lowest BCUT2D eigenvalue weighted by molar-refractivity contribution is -0.153. The number of rotatable bonds is 5. The van der Waals surface area contributed by atoms with Gasteiger partial charge in [-0.15, -0.1) is 0 Å². The Morgan fingerprint density at radius 3 is 2.76 bits per heavy atom. The highest BCUT2D eigenvalue weighted by Crippen LogP contribution is 2.21. The van der Waals surface area contributed by atoms with Gasteiger partial charge in [0.15, 0.2) is 0 Å². The minimum atomic E-state index is -0.885. The first-order chi connectivity index (χ1) is 8.07. The number of amides is 1. The molecule has 1 heterocycles. The maximum Gasteiger partial charge on any atom is 0.326 e. The van der Waals surface area contributed by atoms with Gasteiger partial charge in [-0.3, -0.25) is 4.79 Å².